The van der Waals surface area contributed by atoms with Gasteiger partial charge in [-0.05, 0) is 18.7 Å². The quantitative estimate of drug-likeness (QED) is 0.388. The summed E-state index contributed by atoms with van der Waals surface area (Å²) in [6.07, 6.45) is 0. The van der Waals surface area contributed by atoms with Crippen molar-refractivity contribution in [2.24, 2.45) is 0 Å². The molecule has 2 amide bonds. The maximum atomic E-state index is 11.2. The summed E-state index contributed by atoms with van der Waals surface area (Å²) in [4.78, 5) is 43.7. The Morgan fingerprint density at radius 1 is 1.50 bits per heavy atom. The van der Waals surface area contributed by atoms with E-state index in [1.54, 1.807) is 0 Å². The lowest BCUT2D eigenvalue weighted by Crippen LogP contribution is -2.35. The van der Waals surface area contributed by atoms with Crippen LogP contribution in [-0.4, -0.2) is 34.8 Å². The Bertz CT molecular complexity index is 313. The van der Waals surface area contributed by atoms with Crippen molar-refractivity contribution in [3.05, 3.63) is 0 Å². The molecule has 1 rings (SSSR count). The van der Waals surface area contributed by atoms with E-state index in [1.165, 1.54) is 6.92 Å². The number of ether oxygens (including phenoxy) is 1. The molecule has 0 bridgehead atoms. The molecule has 1 N–H and O–H groups in total. The molecule has 7 heteroatoms. The van der Waals surface area contributed by atoms with Gasteiger partial charge in [-0.2, -0.15) is 0 Å². The first-order valence-electron chi connectivity index (χ1n) is 3.78. The molecule has 0 spiro atoms. The summed E-state index contributed by atoms with van der Waals surface area (Å²) in [5, 5.41) is -0.0162. The minimum atomic E-state index is -1.29. The van der Waals surface area contributed by atoms with Crippen LogP contribution in [0.3, 0.4) is 0 Å². The Labute approximate surface area is 83.4 Å². The van der Waals surface area contributed by atoms with Crippen LogP contribution in [0.4, 0.5) is 4.79 Å². The van der Waals surface area contributed by atoms with E-state index in [2.05, 4.69) is 4.74 Å². The lowest BCUT2D eigenvalue weighted by molar-refractivity contribution is -0.154. The first-order chi connectivity index (χ1) is 6.56. The third kappa shape index (κ3) is 2.11. The number of thioether (sulfide) groups is 1. The molecule has 0 aromatic carbocycles. The van der Waals surface area contributed by atoms with Gasteiger partial charge < -0.3 is 4.74 Å². The molecule has 1 aliphatic heterocycles. The number of rotatable bonds is 3. The Hall–Kier alpha value is -1.37. The Balaban J connectivity index is 2.66. The molecule has 0 aromatic rings. The highest BCUT2D eigenvalue weighted by Gasteiger charge is 2.41. The lowest BCUT2D eigenvalue weighted by atomic mass is 10.2. The fourth-order valence-corrected chi connectivity index (χ4v) is 1.58. The van der Waals surface area contributed by atoms with Crippen LogP contribution in [0.25, 0.3) is 0 Å². The molecular weight excluding hydrogens is 210 g/mol. The maximum absolute atomic E-state index is 11.2. The zero-order valence-electron chi connectivity index (χ0n) is 7.23. The number of hydrogen-bond acceptors (Lipinski definition) is 6. The molecule has 1 saturated heterocycles. The average Bonchev–Trinajstić information content (AvgIpc) is 2.44. The molecule has 1 heterocycles. The second-order valence-electron chi connectivity index (χ2n) is 2.36. The standard InChI is InChI=1S/C7H7NO5S/c1-2-13-6(11)3(9)4-5(10)8-7(12)14-4/h4H,2H2,1H3,(H,8,10,12). The smallest absolute Gasteiger partial charge is 0.376 e. The lowest BCUT2D eigenvalue weighted by Gasteiger charge is -2.02. The van der Waals surface area contributed by atoms with Gasteiger partial charge in [0.25, 0.3) is 11.0 Å². The van der Waals surface area contributed by atoms with E-state index in [0.29, 0.717) is 11.8 Å². The predicted molar refractivity (Wildman–Crippen MR) is 46.6 cm³/mol. The number of esters is 1. The Morgan fingerprint density at radius 2 is 2.14 bits per heavy atom. The van der Waals surface area contributed by atoms with Crippen LogP contribution in [0.5, 0.6) is 0 Å². The van der Waals surface area contributed by atoms with Crippen molar-refractivity contribution >= 4 is 34.7 Å². The van der Waals surface area contributed by atoms with Crippen LogP contribution in [-0.2, 0) is 19.1 Å². The van der Waals surface area contributed by atoms with Crippen LogP contribution in [0.2, 0.25) is 0 Å². The molecule has 0 radical (unpaired) electrons. The normalized spacial score (nSPS) is 20.5. The molecule has 6 nitrogen and oxygen atoms in total. The van der Waals surface area contributed by atoms with Crippen LogP contribution in [0, 0.1) is 0 Å². The fourth-order valence-electron chi connectivity index (χ4n) is 0.838. The Morgan fingerprint density at radius 3 is 2.57 bits per heavy atom. The molecule has 76 valence electrons. The van der Waals surface area contributed by atoms with E-state index in [0.717, 1.165) is 0 Å². The van der Waals surface area contributed by atoms with Gasteiger partial charge in [-0.1, -0.05) is 0 Å². The third-order valence-electron chi connectivity index (χ3n) is 1.40. The van der Waals surface area contributed by atoms with Crippen LogP contribution in [0.1, 0.15) is 6.92 Å². The van der Waals surface area contributed by atoms with Gasteiger partial charge in [0.1, 0.15) is 0 Å². The van der Waals surface area contributed by atoms with E-state index < -0.39 is 28.1 Å². The minimum absolute atomic E-state index is 0.0531. The van der Waals surface area contributed by atoms with Crippen molar-refractivity contribution in [3.63, 3.8) is 0 Å². The maximum Gasteiger partial charge on any atom is 0.376 e. The van der Waals surface area contributed by atoms with E-state index in [-0.39, 0.29) is 6.61 Å². The van der Waals surface area contributed by atoms with Crippen molar-refractivity contribution in [2.75, 3.05) is 6.61 Å². The first kappa shape index (κ1) is 10.7. The van der Waals surface area contributed by atoms with Crippen LogP contribution in [0.15, 0.2) is 0 Å². The highest BCUT2D eigenvalue weighted by atomic mass is 32.2. The van der Waals surface area contributed by atoms with Crippen molar-refractivity contribution in [3.8, 4) is 0 Å². The topological polar surface area (TPSA) is 89.5 Å². The van der Waals surface area contributed by atoms with E-state index in [1.807, 2.05) is 5.32 Å². The number of carbonyl (C=O) groups excluding carboxylic acids is 4. The fraction of sp³-hybridized carbons (Fsp3) is 0.429. The SMILES string of the molecule is CCOC(=O)C(=O)C1SC(=O)NC1=O. The second kappa shape index (κ2) is 4.23. The summed E-state index contributed by atoms with van der Waals surface area (Å²) < 4.78 is 4.41. The molecule has 0 aromatic heterocycles. The molecule has 1 atom stereocenters. The summed E-state index contributed by atoms with van der Waals surface area (Å²) in [5.74, 6) is -2.85. The summed E-state index contributed by atoms with van der Waals surface area (Å²) in [6, 6.07) is 0. The first-order valence-corrected chi connectivity index (χ1v) is 4.66. The van der Waals surface area contributed by atoms with E-state index in [9.17, 15) is 19.2 Å². The van der Waals surface area contributed by atoms with Crippen LogP contribution < -0.4 is 5.32 Å². The summed E-state index contributed by atoms with van der Waals surface area (Å²) >= 11 is 0.486. The molecule has 0 saturated carbocycles. The molecule has 14 heavy (non-hydrogen) atoms. The van der Waals surface area contributed by atoms with Crippen molar-refractivity contribution in [2.45, 2.75) is 12.2 Å². The number of nitrogens with one attached hydrogen (secondary N) is 1. The summed E-state index contributed by atoms with van der Waals surface area (Å²) in [5.41, 5.74) is 0. The predicted octanol–water partition coefficient (Wildman–Crippen LogP) is -0.530. The third-order valence-corrected chi connectivity index (χ3v) is 2.38. The molecule has 0 aliphatic carbocycles. The van der Waals surface area contributed by atoms with E-state index in [4.69, 9.17) is 0 Å². The van der Waals surface area contributed by atoms with Gasteiger partial charge in [-0.15, -0.1) is 0 Å². The van der Waals surface area contributed by atoms with Gasteiger partial charge in [0.15, 0.2) is 5.25 Å². The molecular formula is C7H7NO5S. The van der Waals surface area contributed by atoms with Crippen molar-refractivity contribution in [1.82, 2.24) is 5.32 Å². The van der Waals surface area contributed by atoms with Gasteiger partial charge in [-0.3, -0.25) is 19.7 Å². The minimum Gasteiger partial charge on any atom is -0.460 e. The summed E-state index contributed by atoms with van der Waals surface area (Å²) in [6.45, 7) is 1.59. The number of carbonyl (C=O) groups is 4. The van der Waals surface area contributed by atoms with Gasteiger partial charge in [0.05, 0.1) is 6.61 Å². The number of hydrogen-bond donors (Lipinski definition) is 1. The van der Waals surface area contributed by atoms with E-state index >= 15 is 0 Å². The molecule has 1 fully saturated rings. The van der Waals surface area contributed by atoms with Gasteiger partial charge in [0, 0.05) is 0 Å². The highest BCUT2D eigenvalue weighted by Crippen LogP contribution is 2.19. The largest absolute Gasteiger partial charge is 0.460 e. The number of ketones is 1. The average molecular weight is 217 g/mol. The van der Waals surface area contributed by atoms with Gasteiger partial charge in [0.2, 0.25) is 5.91 Å². The van der Waals surface area contributed by atoms with Gasteiger partial charge >= 0.3 is 5.97 Å². The van der Waals surface area contributed by atoms with Crippen molar-refractivity contribution in [1.29, 1.82) is 0 Å². The number of Topliss-reactive ketones (excluding diaryl/α,β-unsaturated/α-hetero) is 1. The van der Waals surface area contributed by atoms with Crippen LogP contribution >= 0.6 is 11.8 Å². The highest BCUT2D eigenvalue weighted by molar-refractivity contribution is 8.16. The monoisotopic (exact) mass is 217 g/mol. The number of imide groups is 1. The number of amides is 2. The zero-order valence-corrected chi connectivity index (χ0v) is 8.05. The molecule has 1 unspecified atom stereocenters. The van der Waals surface area contributed by atoms with Crippen molar-refractivity contribution < 1.29 is 23.9 Å². The summed E-state index contributed by atoms with van der Waals surface area (Å²) in [7, 11) is 0. The zero-order chi connectivity index (χ0) is 10.7. The Kier molecular flexibility index (Phi) is 3.23. The molecule has 1 aliphatic rings. The van der Waals surface area contributed by atoms with Gasteiger partial charge in [-0.25, -0.2) is 4.79 Å². The second-order valence-corrected chi connectivity index (χ2v) is 3.44.